The number of aryl methyl sites for hydroxylation is 1. The lowest BCUT2D eigenvalue weighted by Crippen LogP contribution is -2.28. The molecule has 1 fully saturated rings. The van der Waals surface area contributed by atoms with Gasteiger partial charge in [0.15, 0.2) is 23.3 Å². The van der Waals surface area contributed by atoms with E-state index in [1.54, 1.807) is 17.0 Å². The summed E-state index contributed by atoms with van der Waals surface area (Å²) in [6, 6.07) is 11.5. The number of thioether (sulfide) groups is 1. The summed E-state index contributed by atoms with van der Waals surface area (Å²) in [7, 11) is 1.49. The van der Waals surface area contributed by atoms with E-state index in [1.165, 1.54) is 18.9 Å². The Hall–Kier alpha value is -2.53. The number of methoxy groups -OCH3 is 1. The number of para-hydroxylation sites is 1. The molecular weight excluding hydrogens is 543 g/mol. The van der Waals surface area contributed by atoms with Crippen molar-refractivity contribution in [2.24, 2.45) is 4.99 Å². The molecule has 0 bridgehead atoms. The highest BCUT2D eigenvalue weighted by atomic mass is 127. The molecule has 32 heavy (non-hydrogen) atoms. The van der Waals surface area contributed by atoms with E-state index >= 15 is 0 Å². The Balaban J connectivity index is 1.95. The summed E-state index contributed by atoms with van der Waals surface area (Å²) < 4.78 is 11.4. The van der Waals surface area contributed by atoms with Crippen molar-refractivity contribution < 1.29 is 24.2 Å². The Bertz CT molecular complexity index is 1100. The second-order valence-electron chi connectivity index (χ2n) is 6.75. The summed E-state index contributed by atoms with van der Waals surface area (Å²) in [5.41, 5.74) is 2.73. The molecule has 0 aliphatic carbocycles. The summed E-state index contributed by atoms with van der Waals surface area (Å²) in [6.45, 7) is 4.04. The van der Waals surface area contributed by atoms with Crippen LogP contribution in [0.1, 0.15) is 25.0 Å². The van der Waals surface area contributed by atoms with E-state index < -0.39 is 12.6 Å². The van der Waals surface area contributed by atoms with Gasteiger partial charge in [-0.2, -0.15) is 0 Å². The lowest BCUT2D eigenvalue weighted by atomic mass is 10.1. The van der Waals surface area contributed by atoms with E-state index in [4.69, 9.17) is 19.6 Å². The van der Waals surface area contributed by atoms with Crippen LogP contribution in [0.3, 0.4) is 0 Å². The average Bonchev–Trinajstić information content (AvgIpc) is 3.06. The van der Waals surface area contributed by atoms with Crippen molar-refractivity contribution in [3.63, 3.8) is 0 Å². The van der Waals surface area contributed by atoms with Crippen LogP contribution in [0.5, 0.6) is 11.5 Å². The van der Waals surface area contributed by atoms with Crippen molar-refractivity contribution in [3.05, 3.63) is 56.0 Å². The molecule has 9 heteroatoms. The SMILES string of the molecule is CCc1ccccc1N=C1S/C(=C/c2cc(I)c(OCC(=O)O)c(OC)c2)C(=O)N1CC. The van der Waals surface area contributed by atoms with Crippen molar-refractivity contribution in [1.29, 1.82) is 0 Å². The topological polar surface area (TPSA) is 88.4 Å². The van der Waals surface area contributed by atoms with Crippen LogP contribution in [0.25, 0.3) is 6.08 Å². The summed E-state index contributed by atoms with van der Waals surface area (Å²) in [5.74, 6) is -0.418. The number of amidine groups is 1. The summed E-state index contributed by atoms with van der Waals surface area (Å²) in [5, 5.41) is 9.53. The fourth-order valence-electron chi connectivity index (χ4n) is 3.14. The summed E-state index contributed by atoms with van der Waals surface area (Å²) in [6.07, 6.45) is 2.64. The highest BCUT2D eigenvalue weighted by molar-refractivity contribution is 14.1. The number of rotatable bonds is 8. The number of likely N-dealkylation sites (N-methyl/N-ethyl adjacent to an activating group) is 1. The first kappa shape index (κ1) is 24.1. The van der Waals surface area contributed by atoms with Gasteiger partial charge in [0.1, 0.15) is 0 Å². The van der Waals surface area contributed by atoms with Gasteiger partial charge in [-0.25, -0.2) is 9.79 Å². The van der Waals surface area contributed by atoms with Gasteiger partial charge in [-0.1, -0.05) is 25.1 Å². The number of carboxylic acid groups (broad SMARTS) is 1. The van der Waals surface area contributed by atoms with Gasteiger partial charge in [-0.15, -0.1) is 0 Å². The minimum Gasteiger partial charge on any atom is -0.493 e. The maximum absolute atomic E-state index is 13.0. The molecule has 1 aliphatic heterocycles. The molecule has 1 N–H and O–H groups in total. The number of amides is 1. The number of hydrogen-bond acceptors (Lipinski definition) is 6. The number of nitrogens with zero attached hydrogens (tertiary/aromatic N) is 2. The number of ether oxygens (including phenoxy) is 2. The van der Waals surface area contributed by atoms with Crippen molar-refractivity contribution in [2.45, 2.75) is 20.3 Å². The third kappa shape index (κ3) is 5.44. The molecule has 0 spiro atoms. The molecule has 1 saturated heterocycles. The molecule has 168 valence electrons. The fraction of sp³-hybridized carbons (Fsp3) is 0.261. The van der Waals surface area contributed by atoms with Crippen LogP contribution in [0.15, 0.2) is 46.3 Å². The quantitative estimate of drug-likeness (QED) is 0.360. The van der Waals surface area contributed by atoms with Gasteiger partial charge in [-0.05, 0) is 83.1 Å². The molecular formula is C23H23IN2O5S. The zero-order valence-corrected chi connectivity index (χ0v) is 20.9. The first-order valence-corrected chi connectivity index (χ1v) is 11.9. The largest absolute Gasteiger partial charge is 0.493 e. The Morgan fingerprint density at radius 1 is 1.28 bits per heavy atom. The van der Waals surface area contributed by atoms with Gasteiger partial charge in [-0.3, -0.25) is 9.69 Å². The van der Waals surface area contributed by atoms with E-state index in [0.717, 1.165) is 23.2 Å². The number of benzene rings is 2. The number of carbonyl (C=O) groups excluding carboxylic acids is 1. The molecule has 0 saturated carbocycles. The Kier molecular flexibility index (Phi) is 8.19. The fourth-order valence-corrected chi connectivity index (χ4v) is 4.98. The molecule has 1 heterocycles. The van der Waals surface area contributed by atoms with Crippen molar-refractivity contribution >= 4 is 63.2 Å². The van der Waals surface area contributed by atoms with Crippen LogP contribution in [-0.2, 0) is 16.0 Å². The van der Waals surface area contributed by atoms with Crippen LogP contribution in [0.4, 0.5) is 5.69 Å². The van der Waals surface area contributed by atoms with Crippen LogP contribution < -0.4 is 9.47 Å². The average molecular weight is 566 g/mol. The van der Waals surface area contributed by atoms with E-state index in [-0.39, 0.29) is 5.91 Å². The van der Waals surface area contributed by atoms with Crippen LogP contribution in [0, 0.1) is 3.57 Å². The van der Waals surface area contributed by atoms with Crippen molar-refractivity contribution in [1.82, 2.24) is 4.90 Å². The maximum Gasteiger partial charge on any atom is 0.341 e. The molecule has 0 radical (unpaired) electrons. The van der Waals surface area contributed by atoms with Gasteiger partial charge in [0, 0.05) is 6.54 Å². The molecule has 1 aliphatic rings. The highest BCUT2D eigenvalue weighted by Gasteiger charge is 2.32. The van der Waals surface area contributed by atoms with Gasteiger partial charge in [0.05, 0.1) is 21.3 Å². The molecule has 3 rings (SSSR count). The standard InChI is InChI=1S/C23H23IN2O5S/c1-4-15-8-6-7-9-17(15)25-23-26(5-2)22(29)19(32-23)12-14-10-16(24)21(18(11-14)30-3)31-13-20(27)28/h6-12H,4-5,13H2,1-3H3,(H,27,28)/b19-12+,25-23?. The lowest BCUT2D eigenvalue weighted by molar-refractivity contribution is -0.139. The monoisotopic (exact) mass is 566 g/mol. The zero-order chi connectivity index (χ0) is 23.3. The molecule has 0 atom stereocenters. The van der Waals surface area contributed by atoms with Crippen molar-refractivity contribution in [3.8, 4) is 11.5 Å². The van der Waals surface area contributed by atoms with Crippen LogP contribution >= 0.6 is 34.4 Å². The number of carboxylic acids is 1. The van der Waals surface area contributed by atoms with E-state index in [9.17, 15) is 9.59 Å². The third-order valence-electron chi connectivity index (χ3n) is 4.68. The van der Waals surface area contributed by atoms with Crippen LogP contribution in [-0.4, -0.2) is 47.3 Å². The first-order chi connectivity index (χ1) is 15.4. The number of hydrogen-bond donors (Lipinski definition) is 1. The molecule has 0 unspecified atom stereocenters. The first-order valence-electron chi connectivity index (χ1n) is 9.98. The number of aliphatic imine (C=N–C) groups is 1. The summed E-state index contributed by atoms with van der Waals surface area (Å²) in [4.78, 5) is 30.8. The number of halogens is 1. The molecule has 7 nitrogen and oxygen atoms in total. The zero-order valence-electron chi connectivity index (χ0n) is 17.9. The normalized spacial score (nSPS) is 16.1. The minimum absolute atomic E-state index is 0.106. The predicted molar refractivity (Wildman–Crippen MR) is 135 cm³/mol. The minimum atomic E-state index is -1.07. The Morgan fingerprint density at radius 2 is 2.03 bits per heavy atom. The second-order valence-corrected chi connectivity index (χ2v) is 8.92. The van der Waals surface area contributed by atoms with Gasteiger partial charge in [0.2, 0.25) is 0 Å². The smallest absolute Gasteiger partial charge is 0.341 e. The second kappa shape index (κ2) is 10.9. The molecule has 2 aromatic carbocycles. The van der Waals surface area contributed by atoms with Crippen molar-refractivity contribution in [2.75, 3.05) is 20.3 Å². The van der Waals surface area contributed by atoms with E-state index in [1.807, 2.05) is 37.3 Å². The summed E-state index contributed by atoms with van der Waals surface area (Å²) >= 11 is 3.39. The predicted octanol–water partition coefficient (Wildman–Crippen LogP) is 4.95. The Labute approximate surface area is 204 Å². The van der Waals surface area contributed by atoms with Gasteiger partial charge >= 0.3 is 5.97 Å². The van der Waals surface area contributed by atoms with Gasteiger partial charge < -0.3 is 14.6 Å². The maximum atomic E-state index is 13.0. The van der Waals surface area contributed by atoms with E-state index in [2.05, 4.69) is 29.5 Å². The van der Waals surface area contributed by atoms with Crippen LogP contribution in [0.2, 0.25) is 0 Å². The molecule has 1 amide bonds. The highest BCUT2D eigenvalue weighted by Crippen LogP contribution is 2.38. The number of aliphatic carboxylic acids is 1. The van der Waals surface area contributed by atoms with E-state index in [0.29, 0.717) is 31.7 Å². The molecule has 0 aromatic heterocycles. The molecule has 2 aromatic rings. The third-order valence-corrected chi connectivity index (χ3v) is 6.49. The Morgan fingerprint density at radius 3 is 2.69 bits per heavy atom. The lowest BCUT2D eigenvalue weighted by Gasteiger charge is -2.13. The van der Waals surface area contributed by atoms with Gasteiger partial charge in [0.25, 0.3) is 5.91 Å². The number of carbonyl (C=O) groups is 2.